The molecule has 0 spiro atoms. The molecule has 1 N–H and O–H groups in total. The van der Waals surface area contributed by atoms with Gasteiger partial charge in [0.2, 0.25) is 0 Å². The largest absolute Gasteiger partial charge is 0.496 e. The monoisotopic (exact) mass is 433 g/mol. The zero-order valence-corrected chi connectivity index (χ0v) is 18.4. The van der Waals surface area contributed by atoms with Gasteiger partial charge in [-0.1, -0.05) is 23.7 Å². The predicted octanol–water partition coefficient (Wildman–Crippen LogP) is 4.36. The molecule has 0 unspecified atom stereocenters. The van der Waals surface area contributed by atoms with Crippen LogP contribution < -0.4 is 15.6 Å². The van der Waals surface area contributed by atoms with E-state index >= 15 is 0 Å². The van der Waals surface area contributed by atoms with Crippen LogP contribution in [0.25, 0.3) is 22.0 Å². The van der Waals surface area contributed by atoms with Gasteiger partial charge >= 0.3 is 0 Å². The maximum Gasteiger partial charge on any atom is 0.251 e. The van der Waals surface area contributed by atoms with E-state index in [4.69, 9.17) is 16.3 Å². The Morgan fingerprint density at radius 1 is 1.13 bits per heavy atom. The molecule has 31 heavy (non-hydrogen) atoms. The van der Waals surface area contributed by atoms with Gasteiger partial charge < -0.3 is 19.2 Å². The lowest BCUT2D eigenvalue weighted by Crippen LogP contribution is -2.24. The number of pyridine rings is 1. The van der Waals surface area contributed by atoms with Crippen LogP contribution in [0.3, 0.4) is 0 Å². The van der Waals surface area contributed by atoms with Gasteiger partial charge in [0, 0.05) is 66.0 Å². The quantitative estimate of drug-likeness (QED) is 0.520. The molecule has 0 amide bonds. The number of methoxy groups -OCH3 is 1. The van der Waals surface area contributed by atoms with Gasteiger partial charge in [-0.2, -0.15) is 0 Å². The number of rotatable bonds is 4. The van der Waals surface area contributed by atoms with Crippen LogP contribution >= 0.6 is 11.6 Å². The number of nitrogens with one attached hydrogen (secondary N) is 1. The highest BCUT2D eigenvalue weighted by atomic mass is 35.5. The van der Waals surface area contributed by atoms with E-state index in [1.807, 2.05) is 18.3 Å². The van der Waals surface area contributed by atoms with Gasteiger partial charge in [-0.3, -0.25) is 4.79 Å². The van der Waals surface area contributed by atoms with Gasteiger partial charge in [0.15, 0.2) is 0 Å². The van der Waals surface area contributed by atoms with Gasteiger partial charge in [-0.05, 0) is 47.0 Å². The summed E-state index contributed by atoms with van der Waals surface area (Å²) >= 11 is 6.06. The second-order valence-electron chi connectivity index (χ2n) is 7.99. The van der Waals surface area contributed by atoms with E-state index in [9.17, 15) is 4.79 Å². The van der Waals surface area contributed by atoms with Crippen molar-refractivity contribution in [3.05, 3.63) is 86.9 Å². The third kappa shape index (κ3) is 3.54. The Balaban J connectivity index is 1.47. The van der Waals surface area contributed by atoms with Crippen molar-refractivity contribution in [2.75, 3.05) is 13.7 Å². The molecular formula is C25H24ClN3O2. The normalized spacial score (nSPS) is 13.4. The summed E-state index contributed by atoms with van der Waals surface area (Å²) in [5.41, 5.74) is 6.75. The first-order valence-electron chi connectivity index (χ1n) is 10.4. The molecule has 3 heterocycles. The van der Waals surface area contributed by atoms with Crippen molar-refractivity contribution < 1.29 is 4.74 Å². The van der Waals surface area contributed by atoms with Crippen LogP contribution in [0, 0.1) is 0 Å². The van der Waals surface area contributed by atoms with E-state index < -0.39 is 0 Å². The van der Waals surface area contributed by atoms with Gasteiger partial charge in [0.05, 0.1) is 13.7 Å². The summed E-state index contributed by atoms with van der Waals surface area (Å²) in [4.78, 5) is 12.9. The average Bonchev–Trinajstić information content (AvgIpc) is 3.07. The first-order chi connectivity index (χ1) is 15.0. The lowest BCUT2D eigenvalue weighted by molar-refractivity contribution is 0.416. The number of aromatic nitrogens is 2. The molecular weight excluding hydrogens is 410 g/mol. The molecule has 0 atom stereocenters. The number of nitrogens with zero attached hydrogens (tertiary/aromatic N) is 2. The fraction of sp³-hybridized carbons (Fsp3) is 0.240. The summed E-state index contributed by atoms with van der Waals surface area (Å²) in [6, 6.07) is 15.5. The molecule has 6 heteroatoms. The number of fused-ring (bicyclic) bond motifs is 3. The van der Waals surface area contributed by atoms with Crippen LogP contribution in [0.4, 0.5) is 0 Å². The summed E-state index contributed by atoms with van der Waals surface area (Å²) < 4.78 is 9.47. The highest BCUT2D eigenvalue weighted by molar-refractivity contribution is 6.30. The SMILES string of the molecule is COc1cc(Cl)ccc1-c1ccn(Cc2ccc3c4c(n(C)c3c2)CCNC4)c(=O)c1. The Kier molecular flexibility index (Phi) is 5.08. The van der Waals surface area contributed by atoms with E-state index in [1.54, 1.807) is 29.9 Å². The average molecular weight is 434 g/mol. The third-order valence-corrected chi connectivity index (χ3v) is 6.40. The van der Waals surface area contributed by atoms with Crippen LogP contribution in [0.1, 0.15) is 16.8 Å². The van der Waals surface area contributed by atoms with Crippen molar-refractivity contribution >= 4 is 22.5 Å². The zero-order valence-electron chi connectivity index (χ0n) is 17.6. The number of hydrogen-bond acceptors (Lipinski definition) is 3. The van der Waals surface area contributed by atoms with Crippen LogP contribution in [-0.4, -0.2) is 22.8 Å². The van der Waals surface area contributed by atoms with Gasteiger partial charge in [-0.25, -0.2) is 0 Å². The fourth-order valence-corrected chi connectivity index (χ4v) is 4.72. The Hall–Kier alpha value is -3.02. The summed E-state index contributed by atoms with van der Waals surface area (Å²) in [5, 5.41) is 5.36. The van der Waals surface area contributed by atoms with Gasteiger partial charge in [-0.15, -0.1) is 0 Å². The molecule has 5 nitrogen and oxygen atoms in total. The van der Waals surface area contributed by atoms with Crippen molar-refractivity contribution in [3.8, 4) is 16.9 Å². The first-order valence-corrected chi connectivity index (χ1v) is 10.8. The lowest BCUT2D eigenvalue weighted by Gasteiger charge is -2.14. The second kappa shape index (κ2) is 7.91. The van der Waals surface area contributed by atoms with E-state index in [2.05, 4.69) is 35.1 Å². The Bertz CT molecular complexity index is 1350. The molecule has 1 aliphatic rings. The van der Waals surface area contributed by atoms with Crippen LogP contribution in [-0.2, 0) is 26.6 Å². The number of ether oxygens (including phenoxy) is 1. The smallest absolute Gasteiger partial charge is 0.251 e. The van der Waals surface area contributed by atoms with Crippen molar-refractivity contribution in [1.82, 2.24) is 14.5 Å². The number of halogens is 1. The van der Waals surface area contributed by atoms with E-state index in [0.717, 1.165) is 36.2 Å². The Labute approximate surface area is 185 Å². The third-order valence-electron chi connectivity index (χ3n) is 6.17. The summed E-state index contributed by atoms with van der Waals surface area (Å²) in [7, 11) is 3.74. The van der Waals surface area contributed by atoms with Crippen LogP contribution in [0.5, 0.6) is 5.75 Å². The molecule has 0 bridgehead atoms. The minimum atomic E-state index is -0.0509. The molecule has 0 saturated carbocycles. The van der Waals surface area contributed by atoms with Crippen molar-refractivity contribution in [3.63, 3.8) is 0 Å². The zero-order chi connectivity index (χ0) is 21.5. The second-order valence-corrected chi connectivity index (χ2v) is 8.43. The van der Waals surface area contributed by atoms with Crippen molar-refractivity contribution in [2.45, 2.75) is 19.5 Å². The Morgan fingerprint density at radius 2 is 2.00 bits per heavy atom. The van der Waals surface area contributed by atoms with E-state index in [-0.39, 0.29) is 5.56 Å². The van der Waals surface area contributed by atoms with Gasteiger partial charge in [0.1, 0.15) is 5.75 Å². The number of aryl methyl sites for hydroxylation is 1. The lowest BCUT2D eigenvalue weighted by atomic mass is 10.0. The molecule has 0 aliphatic carbocycles. The maximum absolute atomic E-state index is 12.9. The summed E-state index contributed by atoms with van der Waals surface area (Å²) in [5.74, 6) is 0.650. The molecule has 2 aromatic heterocycles. The molecule has 0 saturated heterocycles. The summed E-state index contributed by atoms with van der Waals surface area (Å²) in [6.07, 6.45) is 2.89. The van der Waals surface area contributed by atoms with Crippen molar-refractivity contribution in [1.29, 1.82) is 0 Å². The summed E-state index contributed by atoms with van der Waals surface area (Å²) in [6.45, 7) is 2.46. The maximum atomic E-state index is 12.9. The predicted molar refractivity (Wildman–Crippen MR) is 125 cm³/mol. The fourth-order valence-electron chi connectivity index (χ4n) is 4.55. The van der Waals surface area contributed by atoms with Crippen LogP contribution in [0.15, 0.2) is 59.5 Å². The molecule has 4 aromatic rings. The minimum absolute atomic E-state index is 0.0509. The van der Waals surface area contributed by atoms with Crippen molar-refractivity contribution in [2.24, 2.45) is 7.05 Å². The first kappa shape index (κ1) is 19.9. The highest BCUT2D eigenvalue weighted by Crippen LogP contribution is 2.32. The molecule has 2 aromatic carbocycles. The molecule has 158 valence electrons. The minimum Gasteiger partial charge on any atom is -0.496 e. The molecule has 0 radical (unpaired) electrons. The number of benzene rings is 2. The van der Waals surface area contributed by atoms with E-state index in [0.29, 0.717) is 17.3 Å². The molecule has 1 aliphatic heterocycles. The number of hydrogen-bond donors (Lipinski definition) is 1. The Morgan fingerprint density at radius 3 is 2.81 bits per heavy atom. The standard InChI is InChI=1S/C25H24ClN3O2/c1-28-22-7-9-27-14-21(22)20-5-3-16(11-23(20)28)15-29-10-8-17(12-25(29)30)19-6-4-18(26)13-24(19)31-2/h3-6,8,10-13,27H,7,9,14-15H2,1-2H3. The van der Waals surface area contributed by atoms with Gasteiger partial charge in [0.25, 0.3) is 5.56 Å². The molecule has 0 fully saturated rings. The topological polar surface area (TPSA) is 48.2 Å². The van der Waals surface area contributed by atoms with E-state index in [1.165, 1.54) is 22.2 Å². The van der Waals surface area contributed by atoms with Crippen LogP contribution in [0.2, 0.25) is 5.02 Å². The molecule has 5 rings (SSSR count). The highest BCUT2D eigenvalue weighted by Gasteiger charge is 2.18.